The van der Waals surface area contributed by atoms with Crippen molar-refractivity contribution in [3.63, 3.8) is 0 Å². The van der Waals surface area contributed by atoms with E-state index >= 15 is 0 Å². The maximum absolute atomic E-state index is 13.3. The normalized spacial score (nSPS) is 11.2. The minimum Gasteiger partial charge on any atom is -0.496 e. The highest BCUT2D eigenvalue weighted by atomic mass is 35.5. The van der Waals surface area contributed by atoms with Crippen LogP contribution in [0.2, 0.25) is 5.02 Å². The topological polar surface area (TPSA) is 80.3 Å². The minimum atomic E-state index is -0.654. The lowest BCUT2D eigenvalue weighted by Gasteiger charge is -2.24. The average Bonchev–Trinajstić information content (AvgIpc) is 2.87. The van der Waals surface area contributed by atoms with Gasteiger partial charge in [0.2, 0.25) is 11.5 Å². The highest BCUT2D eigenvalue weighted by Crippen LogP contribution is 2.52. The number of ether oxygens (including phenoxy) is 5. The molecule has 0 saturated carbocycles. The second-order valence-corrected chi connectivity index (χ2v) is 9.96. The van der Waals surface area contributed by atoms with E-state index < -0.39 is 11.9 Å². The zero-order chi connectivity index (χ0) is 27.9. The quantitative estimate of drug-likeness (QED) is 0.172. The first-order chi connectivity index (χ1) is 18.1. The summed E-state index contributed by atoms with van der Waals surface area (Å²) in [6, 6.07) is 11.8. The van der Waals surface area contributed by atoms with Crippen molar-refractivity contribution < 1.29 is 33.3 Å². The Morgan fingerprint density at radius 2 is 1.47 bits per heavy atom. The lowest BCUT2D eigenvalue weighted by Crippen LogP contribution is -2.21. The number of esters is 2. The number of hydrogen-bond acceptors (Lipinski definition) is 7. The SMILES string of the molecule is CCCC(C)(C)CC(=O)Oc1c(OCC)c(OCC)c(OC(=O)c2ccccc2OC)c2cc(Cl)ccc12. The number of fused-ring (bicyclic) bond motifs is 1. The molecule has 0 bridgehead atoms. The van der Waals surface area contributed by atoms with Crippen LogP contribution in [-0.2, 0) is 4.79 Å². The average molecular weight is 543 g/mol. The predicted molar refractivity (Wildman–Crippen MR) is 148 cm³/mol. The number of carbonyl (C=O) groups is 2. The number of methoxy groups -OCH3 is 1. The van der Waals surface area contributed by atoms with Gasteiger partial charge in [-0.15, -0.1) is 0 Å². The molecule has 0 unspecified atom stereocenters. The first kappa shape index (κ1) is 29.1. The van der Waals surface area contributed by atoms with Crippen molar-refractivity contribution in [1.82, 2.24) is 0 Å². The summed E-state index contributed by atoms with van der Waals surface area (Å²) in [7, 11) is 1.48. The van der Waals surface area contributed by atoms with Crippen LogP contribution in [-0.4, -0.2) is 32.3 Å². The van der Waals surface area contributed by atoms with Crippen molar-refractivity contribution in [2.24, 2.45) is 5.41 Å². The Morgan fingerprint density at radius 3 is 2.08 bits per heavy atom. The molecule has 0 aliphatic heterocycles. The second-order valence-electron chi connectivity index (χ2n) is 9.53. The fraction of sp³-hybridized carbons (Fsp3) is 0.400. The minimum absolute atomic E-state index is 0.106. The zero-order valence-electron chi connectivity index (χ0n) is 22.8. The standard InChI is InChI=1S/C30H35ClO7/c1-7-16-30(4,5)18-24(32)37-25-20-15-14-19(31)17-22(20)26(28(36-9-3)27(25)35-8-2)38-29(33)21-12-10-11-13-23(21)34-6/h10-15,17H,7-9,16,18H2,1-6H3. The Kier molecular flexibility index (Phi) is 9.86. The van der Waals surface area contributed by atoms with Crippen LogP contribution in [0, 0.1) is 5.41 Å². The molecule has 0 aliphatic rings. The van der Waals surface area contributed by atoms with E-state index in [0.29, 0.717) is 21.5 Å². The molecular weight excluding hydrogens is 508 g/mol. The van der Waals surface area contributed by atoms with Crippen LogP contribution in [0.3, 0.4) is 0 Å². The van der Waals surface area contributed by atoms with Crippen LogP contribution in [0.1, 0.15) is 64.2 Å². The van der Waals surface area contributed by atoms with Gasteiger partial charge in [-0.1, -0.05) is 50.9 Å². The van der Waals surface area contributed by atoms with Crippen molar-refractivity contribution in [1.29, 1.82) is 0 Å². The van der Waals surface area contributed by atoms with Gasteiger partial charge in [0.25, 0.3) is 0 Å². The van der Waals surface area contributed by atoms with E-state index in [1.165, 1.54) is 7.11 Å². The van der Waals surface area contributed by atoms with Crippen LogP contribution >= 0.6 is 11.6 Å². The van der Waals surface area contributed by atoms with Gasteiger partial charge in [0.1, 0.15) is 11.3 Å². The van der Waals surface area contributed by atoms with Crippen LogP contribution in [0.5, 0.6) is 28.7 Å². The fourth-order valence-electron chi connectivity index (χ4n) is 4.37. The summed E-state index contributed by atoms with van der Waals surface area (Å²) < 4.78 is 29.1. The van der Waals surface area contributed by atoms with E-state index in [1.807, 2.05) is 13.8 Å². The van der Waals surface area contributed by atoms with Gasteiger partial charge in [0.05, 0.1) is 26.7 Å². The Morgan fingerprint density at radius 1 is 0.842 bits per heavy atom. The smallest absolute Gasteiger partial charge is 0.347 e. The van der Waals surface area contributed by atoms with E-state index in [0.717, 1.165) is 12.8 Å². The van der Waals surface area contributed by atoms with Crippen molar-refractivity contribution in [2.75, 3.05) is 20.3 Å². The summed E-state index contributed by atoms with van der Waals surface area (Å²) in [4.78, 5) is 26.4. The van der Waals surface area contributed by atoms with Gasteiger partial charge in [0.15, 0.2) is 11.5 Å². The highest BCUT2D eigenvalue weighted by Gasteiger charge is 2.30. The van der Waals surface area contributed by atoms with Crippen molar-refractivity contribution in [3.05, 3.63) is 53.1 Å². The molecule has 0 atom stereocenters. The van der Waals surface area contributed by atoms with Gasteiger partial charge in [-0.25, -0.2) is 4.79 Å². The predicted octanol–water partition coefficient (Wildman–Crippen LogP) is 7.64. The maximum atomic E-state index is 13.3. The first-order valence-electron chi connectivity index (χ1n) is 12.8. The number of hydrogen-bond donors (Lipinski definition) is 0. The summed E-state index contributed by atoms with van der Waals surface area (Å²) in [5.41, 5.74) is 0.00295. The number of benzene rings is 3. The highest BCUT2D eigenvalue weighted by molar-refractivity contribution is 6.31. The number of halogens is 1. The molecule has 0 spiro atoms. The van der Waals surface area contributed by atoms with Crippen LogP contribution in [0.25, 0.3) is 10.8 Å². The third-order valence-corrected chi connectivity index (χ3v) is 6.19. The molecule has 0 amide bonds. The van der Waals surface area contributed by atoms with Crippen LogP contribution in [0.4, 0.5) is 0 Å². The molecule has 3 aromatic carbocycles. The van der Waals surface area contributed by atoms with E-state index in [1.54, 1.807) is 56.3 Å². The molecule has 0 N–H and O–H groups in total. The van der Waals surface area contributed by atoms with E-state index in [9.17, 15) is 9.59 Å². The lowest BCUT2D eigenvalue weighted by molar-refractivity contribution is -0.136. The largest absolute Gasteiger partial charge is 0.496 e. The Hall–Kier alpha value is -3.45. The Labute approximate surface area is 228 Å². The summed E-state index contributed by atoms with van der Waals surface area (Å²) in [5, 5.41) is 1.33. The summed E-state index contributed by atoms with van der Waals surface area (Å²) >= 11 is 6.36. The van der Waals surface area contributed by atoms with Gasteiger partial charge in [-0.3, -0.25) is 4.79 Å². The molecule has 3 aromatic rings. The Bertz CT molecular complexity index is 1300. The molecule has 38 heavy (non-hydrogen) atoms. The third kappa shape index (κ3) is 6.70. The monoisotopic (exact) mass is 542 g/mol. The first-order valence-corrected chi connectivity index (χ1v) is 13.1. The van der Waals surface area contributed by atoms with E-state index in [-0.39, 0.29) is 53.6 Å². The molecule has 204 valence electrons. The lowest BCUT2D eigenvalue weighted by atomic mass is 9.85. The summed E-state index contributed by atoms with van der Waals surface area (Å²) in [6.07, 6.45) is 2.04. The van der Waals surface area contributed by atoms with E-state index in [4.69, 9.17) is 35.3 Å². The van der Waals surface area contributed by atoms with Gasteiger partial charge in [-0.05, 0) is 56.0 Å². The van der Waals surface area contributed by atoms with Crippen LogP contribution < -0.4 is 23.7 Å². The van der Waals surface area contributed by atoms with Crippen molar-refractivity contribution in [2.45, 2.75) is 53.9 Å². The van der Waals surface area contributed by atoms with Crippen LogP contribution in [0.15, 0.2) is 42.5 Å². The van der Waals surface area contributed by atoms with Gasteiger partial charge < -0.3 is 23.7 Å². The molecular formula is C30H35ClO7. The van der Waals surface area contributed by atoms with Crippen molar-refractivity contribution in [3.8, 4) is 28.7 Å². The number of rotatable bonds is 12. The summed E-state index contributed by atoms with van der Waals surface area (Å²) in [5.74, 6) is -0.0778. The third-order valence-electron chi connectivity index (χ3n) is 5.95. The van der Waals surface area contributed by atoms with Crippen molar-refractivity contribution >= 4 is 34.3 Å². The maximum Gasteiger partial charge on any atom is 0.347 e. The molecule has 3 rings (SSSR count). The zero-order valence-corrected chi connectivity index (χ0v) is 23.6. The van der Waals surface area contributed by atoms with E-state index in [2.05, 4.69) is 6.92 Å². The van der Waals surface area contributed by atoms with Gasteiger partial charge in [0, 0.05) is 15.8 Å². The van der Waals surface area contributed by atoms with Gasteiger partial charge >= 0.3 is 11.9 Å². The molecule has 8 heteroatoms. The summed E-state index contributed by atoms with van der Waals surface area (Å²) in [6.45, 7) is 10.2. The fourth-order valence-corrected chi connectivity index (χ4v) is 4.55. The molecule has 0 aromatic heterocycles. The number of carbonyl (C=O) groups excluding carboxylic acids is 2. The molecule has 0 fully saturated rings. The molecule has 0 saturated heterocycles. The Balaban J connectivity index is 2.21. The van der Waals surface area contributed by atoms with Gasteiger partial charge in [-0.2, -0.15) is 0 Å². The number of para-hydroxylation sites is 1. The molecule has 0 radical (unpaired) electrons. The molecule has 7 nitrogen and oxygen atoms in total. The molecule has 0 heterocycles. The molecule has 0 aliphatic carbocycles. The second kappa shape index (κ2) is 12.9.